The summed E-state index contributed by atoms with van der Waals surface area (Å²) in [4.78, 5) is 8.79. The van der Waals surface area contributed by atoms with Gasteiger partial charge in [-0.15, -0.1) is 0 Å². The maximum atomic E-state index is 4.47. The first kappa shape index (κ1) is 12.7. The summed E-state index contributed by atoms with van der Waals surface area (Å²) in [6.45, 7) is 6.23. The number of hydrogen-bond acceptors (Lipinski definition) is 3. The molecule has 1 atom stereocenters. The van der Waals surface area contributed by atoms with Crippen LogP contribution in [0.2, 0.25) is 0 Å². The topological polar surface area (TPSA) is 37.8 Å². The van der Waals surface area contributed by atoms with Gasteiger partial charge in [-0.05, 0) is 44.5 Å². The monoisotopic (exact) mass is 241 g/mol. The van der Waals surface area contributed by atoms with Crippen molar-refractivity contribution >= 4 is 0 Å². The minimum atomic E-state index is 0.0954. The lowest BCUT2D eigenvalue weighted by molar-refractivity contribution is 0.661. The lowest BCUT2D eigenvalue weighted by Crippen LogP contribution is -2.20. The maximum absolute atomic E-state index is 4.47. The molecule has 1 aromatic carbocycles. The van der Waals surface area contributed by atoms with Crippen LogP contribution in [0.5, 0.6) is 0 Å². The first-order valence-corrected chi connectivity index (χ1v) is 6.15. The predicted octanol–water partition coefficient (Wildman–Crippen LogP) is 2.71. The van der Waals surface area contributed by atoms with E-state index in [0.29, 0.717) is 0 Å². The third kappa shape index (κ3) is 2.41. The Balaban J connectivity index is 2.45. The summed E-state index contributed by atoms with van der Waals surface area (Å²) in [7, 11) is 1.95. The van der Waals surface area contributed by atoms with Crippen molar-refractivity contribution in [1.82, 2.24) is 15.3 Å². The average molecular weight is 241 g/mol. The second-order valence-corrected chi connectivity index (χ2v) is 4.59. The van der Waals surface area contributed by atoms with Crippen molar-refractivity contribution in [2.75, 3.05) is 7.05 Å². The third-order valence-corrected chi connectivity index (χ3v) is 3.34. The van der Waals surface area contributed by atoms with E-state index in [2.05, 4.69) is 47.3 Å². The number of aromatic nitrogens is 2. The highest BCUT2D eigenvalue weighted by atomic mass is 14.9. The van der Waals surface area contributed by atoms with Gasteiger partial charge in [-0.2, -0.15) is 0 Å². The van der Waals surface area contributed by atoms with Crippen molar-refractivity contribution in [2.24, 2.45) is 0 Å². The number of hydrogen-bond donors (Lipinski definition) is 1. The molecule has 0 aliphatic carbocycles. The van der Waals surface area contributed by atoms with Gasteiger partial charge < -0.3 is 5.32 Å². The smallest absolute Gasteiger partial charge is 0.0801 e. The van der Waals surface area contributed by atoms with E-state index in [1.165, 1.54) is 16.7 Å². The SMILES string of the molecule is CNC(c1cnc(C)cn1)c1cccc(C)c1C. The molecule has 0 aliphatic rings. The van der Waals surface area contributed by atoms with Crippen LogP contribution in [0.4, 0.5) is 0 Å². The molecule has 1 unspecified atom stereocenters. The fourth-order valence-electron chi connectivity index (χ4n) is 2.10. The van der Waals surface area contributed by atoms with Crippen LogP contribution in [-0.4, -0.2) is 17.0 Å². The van der Waals surface area contributed by atoms with Gasteiger partial charge in [-0.1, -0.05) is 18.2 Å². The number of aryl methyl sites for hydroxylation is 2. The van der Waals surface area contributed by atoms with Crippen molar-refractivity contribution in [1.29, 1.82) is 0 Å². The van der Waals surface area contributed by atoms with Gasteiger partial charge in [-0.25, -0.2) is 0 Å². The highest BCUT2D eigenvalue weighted by Gasteiger charge is 2.16. The minimum absolute atomic E-state index is 0.0954. The van der Waals surface area contributed by atoms with Crippen LogP contribution in [0.3, 0.4) is 0 Å². The largest absolute Gasteiger partial charge is 0.308 e. The zero-order valence-electron chi connectivity index (χ0n) is 11.4. The Kier molecular flexibility index (Phi) is 3.72. The zero-order chi connectivity index (χ0) is 13.1. The molecule has 1 aromatic heterocycles. The molecule has 2 aromatic rings. The summed E-state index contributed by atoms with van der Waals surface area (Å²) in [5.41, 5.74) is 5.76. The van der Waals surface area contributed by atoms with Crippen molar-refractivity contribution in [2.45, 2.75) is 26.8 Å². The first-order chi connectivity index (χ1) is 8.63. The van der Waals surface area contributed by atoms with Gasteiger partial charge in [0, 0.05) is 6.20 Å². The number of nitrogens with one attached hydrogen (secondary N) is 1. The van der Waals surface area contributed by atoms with Gasteiger partial charge in [0.2, 0.25) is 0 Å². The number of rotatable bonds is 3. The van der Waals surface area contributed by atoms with Gasteiger partial charge in [0.05, 0.1) is 23.6 Å². The molecule has 0 fully saturated rings. The van der Waals surface area contributed by atoms with Crippen LogP contribution in [-0.2, 0) is 0 Å². The van der Waals surface area contributed by atoms with Crippen LogP contribution in [0.25, 0.3) is 0 Å². The van der Waals surface area contributed by atoms with E-state index >= 15 is 0 Å². The molecule has 0 saturated heterocycles. The highest BCUT2D eigenvalue weighted by molar-refractivity contribution is 5.38. The Hall–Kier alpha value is -1.74. The summed E-state index contributed by atoms with van der Waals surface area (Å²) in [5, 5.41) is 3.32. The molecule has 1 N–H and O–H groups in total. The van der Waals surface area contributed by atoms with Crippen LogP contribution in [0, 0.1) is 20.8 Å². The van der Waals surface area contributed by atoms with E-state index in [-0.39, 0.29) is 6.04 Å². The summed E-state index contributed by atoms with van der Waals surface area (Å²) in [6.07, 6.45) is 3.66. The van der Waals surface area contributed by atoms with Gasteiger partial charge in [0.25, 0.3) is 0 Å². The maximum Gasteiger partial charge on any atom is 0.0801 e. The molecule has 3 nitrogen and oxygen atoms in total. The highest BCUT2D eigenvalue weighted by Crippen LogP contribution is 2.24. The molecule has 0 aliphatic heterocycles. The van der Waals surface area contributed by atoms with Crippen molar-refractivity contribution in [3.63, 3.8) is 0 Å². The summed E-state index contributed by atoms with van der Waals surface area (Å²) in [5.74, 6) is 0. The van der Waals surface area contributed by atoms with Gasteiger partial charge >= 0.3 is 0 Å². The molecule has 0 spiro atoms. The molecule has 1 heterocycles. The summed E-state index contributed by atoms with van der Waals surface area (Å²) in [6, 6.07) is 6.46. The van der Waals surface area contributed by atoms with Gasteiger partial charge in [0.1, 0.15) is 0 Å². The standard InChI is InChI=1S/C15H19N3/c1-10-6-5-7-13(12(10)3)15(16-4)14-9-17-11(2)8-18-14/h5-9,15-16H,1-4H3. The number of benzene rings is 1. The molecular weight excluding hydrogens is 222 g/mol. The summed E-state index contributed by atoms with van der Waals surface area (Å²) >= 11 is 0. The third-order valence-electron chi connectivity index (χ3n) is 3.34. The molecule has 2 rings (SSSR count). The van der Waals surface area contributed by atoms with Crippen molar-refractivity contribution in [3.05, 3.63) is 58.7 Å². The lowest BCUT2D eigenvalue weighted by atomic mass is 9.96. The van der Waals surface area contributed by atoms with Crippen molar-refractivity contribution < 1.29 is 0 Å². The second kappa shape index (κ2) is 5.27. The normalized spacial score (nSPS) is 12.4. The average Bonchev–Trinajstić information content (AvgIpc) is 2.37. The van der Waals surface area contributed by atoms with Crippen LogP contribution >= 0.6 is 0 Å². The Morgan fingerprint density at radius 2 is 1.83 bits per heavy atom. The van der Waals surface area contributed by atoms with Crippen LogP contribution < -0.4 is 5.32 Å². The van der Waals surface area contributed by atoms with E-state index in [9.17, 15) is 0 Å². The molecular formula is C15H19N3. The number of nitrogens with zero attached hydrogens (tertiary/aromatic N) is 2. The Morgan fingerprint density at radius 1 is 1.06 bits per heavy atom. The molecule has 0 saturated carbocycles. The minimum Gasteiger partial charge on any atom is -0.308 e. The Morgan fingerprint density at radius 3 is 2.44 bits per heavy atom. The molecule has 94 valence electrons. The summed E-state index contributed by atoms with van der Waals surface area (Å²) < 4.78 is 0. The van der Waals surface area contributed by atoms with E-state index in [1.807, 2.05) is 26.4 Å². The predicted molar refractivity (Wildman–Crippen MR) is 73.6 cm³/mol. The lowest BCUT2D eigenvalue weighted by Gasteiger charge is -2.19. The van der Waals surface area contributed by atoms with E-state index < -0.39 is 0 Å². The Bertz CT molecular complexity index is 532. The fourth-order valence-corrected chi connectivity index (χ4v) is 2.10. The van der Waals surface area contributed by atoms with Crippen LogP contribution in [0.15, 0.2) is 30.6 Å². The van der Waals surface area contributed by atoms with Gasteiger partial charge in [0.15, 0.2) is 0 Å². The van der Waals surface area contributed by atoms with E-state index in [1.54, 1.807) is 0 Å². The second-order valence-electron chi connectivity index (χ2n) is 4.59. The zero-order valence-corrected chi connectivity index (χ0v) is 11.4. The van der Waals surface area contributed by atoms with Crippen LogP contribution in [0.1, 0.15) is 34.1 Å². The van der Waals surface area contributed by atoms with Gasteiger partial charge in [-0.3, -0.25) is 9.97 Å². The van der Waals surface area contributed by atoms with Crippen molar-refractivity contribution in [3.8, 4) is 0 Å². The fraction of sp³-hybridized carbons (Fsp3) is 0.333. The molecule has 0 radical (unpaired) electrons. The molecule has 18 heavy (non-hydrogen) atoms. The van der Waals surface area contributed by atoms with E-state index in [0.717, 1.165) is 11.4 Å². The van der Waals surface area contributed by atoms with E-state index in [4.69, 9.17) is 0 Å². The molecule has 0 bridgehead atoms. The molecule has 0 amide bonds. The molecule has 3 heteroatoms. The first-order valence-electron chi connectivity index (χ1n) is 6.15. The quantitative estimate of drug-likeness (QED) is 0.897. The Labute approximate surface area is 108 Å².